The van der Waals surface area contributed by atoms with Crippen LogP contribution < -0.4 is 5.73 Å². The number of hydrogen-bond acceptors (Lipinski definition) is 4. The van der Waals surface area contributed by atoms with E-state index in [-0.39, 0.29) is 12.3 Å². The molecule has 0 spiro atoms. The monoisotopic (exact) mass is 201 g/mol. The van der Waals surface area contributed by atoms with Crippen LogP contribution in [0.2, 0.25) is 0 Å². The van der Waals surface area contributed by atoms with Crippen LogP contribution in [0.5, 0.6) is 0 Å². The van der Waals surface area contributed by atoms with Gasteiger partial charge in [0.15, 0.2) is 0 Å². The zero-order valence-corrected chi connectivity index (χ0v) is 9.08. The molecular weight excluding hydrogens is 182 g/mol. The SMILES string of the molecule is CCCC(=O)OC(=O)[C@@H](N)[C@@H](C)CC. The molecular formula is C10H19NO3. The van der Waals surface area contributed by atoms with E-state index in [0.29, 0.717) is 6.42 Å². The minimum atomic E-state index is -0.694. The minimum Gasteiger partial charge on any atom is -0.392 e. The van der Waals surface area contributed by atoms with Gasteiger partial charge in [0.1, 0.15) is 6.04 Å². The van der Waals surface area contributed by atoms with Crippen molar-refractivity contribution in [3.8, 4) is 0 Å². The Labute approximate surface area is 84.8 Å². The molecule has 4 nitrogen and oxygen atoms in total. The number of carbonyl (C=O) groups excluding carboxylic acids is 2. The summed E-state index contributed by atoms with van der Waals surface area (Å²) < 4.78 is 4.57. The van der Waals surface area contributed by atoms with Crippen molar-refractivity contribution in [3.05, 3.63) is 0 Å². The van der Waals surface area contributed by atoms with E-state index in [1.54, 1.807) is 0 Å². The van der Waals surface area contributed by atoms with Gasteiger partial charge in [0.2, 0.25) is 0 Å². The van der Waals surface area contributed by atoms with Crippen molar-refractivity contribution in [1.29, 1.82) is 0 Å². The Morgan fingerprint density at radius 3 is 2.36 bits per heavy atom. The first kappa shape index (κ1) is 13.1. The van der Waals surface area contributed by atoms with E-state index < -0.39 is 18.0 Å². The van der Waals surface area contributed by atoms with Crippen molar-refractivity contribution in [2.45, 2.75) is 46.1 Å². The highest BCUT2D eigenvalue weighted by molar-refractivity contribution is 5.88. The number of esters is 2. The molecule has 2 atom stereocenters. The smallest absolute Gasteiger partial charge is 0.330 e. The molecule has 0 aliphatic rings. The maximum absolute atomic E-state index is 11.3. The maximum Gasteiger partial charge on any atom is 0.330 e. The third-order valence-electron chi connectivity index (χ3n) is 2.20. The van der Waals surface area contributed by atoms with Gasteiger partial charge in [0.25, 0.3) is 0 Å². The standard InChI is InChI=1S/C10H19NO3/c1-4-6-8(12)14-10(13)9(11)7(3)5-2/h7,9H,4-6,11H2,1-3H3/t7-,9-/m0/s1. The van der Waals surface area contributed by atoms with E-state index in [4.69, 9.17) is 5.73 Å². The third-order valence-corrected chi connectivity index (χ3v) is 2.20. The van der Waals surface area contributed by atoms with Crippen LogP contribution in [0.25, 0.3) is 0 Å². The second-order valence-electron chi connectivity index (χ2n) is 3.45. The van der Waals surface area contributed by atoms with Gasteiger partial charge in [0, 0.05) is 6.42 Å². The van der Waals surface area contributed by atoms with E-state index in [0.717, 1.165) is 6.42 Å². The summed E-state index contributed by atoms with van der Waals surface area (Å²) in [6.45, 7) is 5.64. The number of nitrogens with two attached hydrogens (primary N) is 1. The molecule has 0 aromatic carbocycles. The van der Waals surface area contributed by atoms with Gasteiger partial charge in [-0.3, -0.25) is 4.79 Å². The molecule has 0 rings (SSSR count). The molecule has 0 aromatic rings. The summed E-state index contributed by atoms with van der Waals surface area (Å²) in [5.74, 6) is -1.06. The Morgan fingerprint density at radius 2 is 1.93 bits per heavy atom. The second-order valence-corrected chi connectivity index (χ2v) is 3.45. The lowest BCUT2D eigenvalue weighted by molar-refractivity contribution is -0.161. The van der Waals surface area contributed by atoms with E-state index in [9.17, 15) is 9.59 Å². The number of carbonyl (C=O) groups is 2. The van der Waals surface area contributed by atoms with Gasteiger partial charge >= 0.3 is 11.9 Å². The summed E-state index contributed by atoms with van der Waals surface area (Å²) in [6.07, 6.45) is 1.72. The van der Waals surface area contributed by atoms with Crippen molar-refractivity contribution in [3.63, 3.8) is 0 Å². The molecule has 0 aliphatic carbocycles. The summed E-state index contributed by atoms with van der Waals surface area (Å²) >= 11 is 0. The molecule has 0 fully saturated rings. The van der Waals surface area contributed by atoms with Crippen molar-refractivity contribution in [2.24, 2.45) is 11.7 Å². The number of hydrogen-bond donors (Lipinski definition) is 1. The minimum absolute atomic E-state index is 0.0388. The van der Waals surface area contributed by atoms with Crippen LogP contribution in [0.1, 0.15) is 40.0 Å². The fourth-order valence-electron chi connectivity index (χ4n) is 0.922. The predicted octanol–water partition coefficient (Wildman–Crippen LogP) is 1.23. The van der Waals surface area contributed by atoms with Gasteiger partial charge in [-0.25, -0.2) is 4.79 Å². The predicted molar refractivity (Wildman–Crippen MR) is 53.4 cm³/mol. The summed E-state index contributed by atoms with van der Waals surface area (Å²) in [6, 6.07) is -0.694. The van der Waals surface area contributed by atoms with E-state index in [2.05, 4.69) is 4.74 Å². The molecule has 0 saturated carbocycles. The molecule has 0 aliphatic heterocycles. The molecule has 0 heterocycles. The lowest BCUT2D eigenvalue weighted by atomic mass is 10.0. The largest absolute Gasteiger partial charge is 0.392 e. The van der Waals surface area contributed by atoms with Crippen LogP contribution in [0.15, 0.2) is 0 Å². The summed E-state index contributed by atoms with van der Waals surface area (Å²) in [5, 5.41) is 0. The summed E-state index contributed by atoms with van der Waals surface area (Å²) in [7, 11) is 0. The number of ether oxygens (including phenoxy) is 1. The van der Waals surface area contributed by atoms with Crippen molar-refractivity contribution in [2.75, 3.05) is 0 Å². The Balaban J connectivity index is 4.01. The van der Waals surface area contributed by atoms with Gasteiger partial charge in [-0.05, 0) is 12.3 Å². The van der Waals surface area contributed by atoms with E-state index in [1.165, 1.54) is 0 Å². The maximum atomic E-state index is 11.3. The topological polar surface area (TPSA) is 69.4 Å². The molecule has 0 amide bonds. The average Bonchev–Trinajstić information content (AvgIpc) is 2.15. The van der Waals surface area contributed by atoms with Gasteiger partial charge in [-0.15, -0.1) is 0 Å². The molecule has 82 valence electrons. The highest BCUT2D eigenvalue weighted by Crippen LogP contribution is 2.07. The molecule has 0 radical (unpaired) electrons. The van der Waals surface area contributed by atoms with Crippen LogP contribution >= 0.6 is 0 Å². The zero-order chi connectivity index (χ0) is 11.1. The first-order valence-electron chi connectivity index (χ1n) is 5.03. The van der Waals surface area contributed by atoms with Gasteiger partial charge in [-0.2, -0.15) is 0 Å². The Morgan fingerprint density at radius 1 is 1.36 bits per heavy atom. The Bertz CT molecular complexity index is 204. The van der Waals surface area contributed by atoms with Crippen molar-refractivity contribution < 1.29 is 14.3 Å². The quantitative estimate of drug-likeness (QED) is 0.536. The Hall–Kier alpha value is -0.900. The van der Waals surface area contributed by atoms with Crippen molar-refractivity contribution in [1.82, 2.24) is 0 Å². The van der Waals surface area contributed by atoms with Crippen LogP contribution in [0.4, 0.5) is 0 Å². The van der Waals surface area contributed by atoms with Crippen LogP contribution in [-0.4, -0.2) is 18.0 Å². The summed E-state index contributed by atoms with van der Waals surface area (Å²) in [4.78, 5) is 22.2. The highest BCUT2D eigenvalue weighted by atomic mass is 16.6. The second kappa shape index (κ2) is 6.54. The third kappa shape index (κ3) is 4.37. The zero-order valence-electron chi connectivity index (χ0n) is 9.08. The van der Waals surface area contributed by atoms with Gasteiger partial charge in [0.05, 0.1) is 0 Å². The van der Waals surface area contributed by atoms with Crippen LogP contribution in [0, 0.1) is 5.92 Å². The lowest BCUT2D eigenvalue weighted by Gasteiger charge is -2.15. The normalized spacial score (nSPS) is 14.6. The molecule has 14 heavy (non-hydrogen) atoms. The van der Waals surface area contributed by atoms with Crippen LogP contribution in [-0.2, 0) is 14.3 Å². The molecule has 0 saturated heterocycles. The number of rotatable bonds is 5. The van der Waals surface area contributed by atoms with Crippen LogP contribution in [0.3, 0.4) is 0 Å². The molecule has 2 N–H and O–H groups in total. The highest BCUT2D eigenvalue weighted by Gasteiger charge is 2.22. The van der Waals surface area contributed by atoms with E-state index >= 15 is 0 Å². The first-order valence-corrected chi connectivity index (χ1v) is 5.03. The van der Waals surface area contributed by atoms with Crippen molar-refractivity contribution >= 4 is 11.9 Å². The van der Waals surface area contributed by atoms with E-state index in [1.807, 2.05) is 20.8 Å². The molecule has 0 unspecified atom stereocenters. The fraction of sp³-hybridized carbons (Fsp3) is 0.800. The fourth-order valence-corrected chi connectivity index (χ4v) is 0.922. The molecule has 0 bridgehead atoms. The van der Waals surface area contributed by atoms with Gasteiger partial charge in [-0.1, -0.05) is 27.2 Å². The van der Waals surface area contributed by atoms with Gasteiger partial charge < -0.3 is 10.5 Å². The lowest BCUT2D eigenvalue weighted by Crippen LogP contribution is -2.39. The summed E-state index contributed by atoms with van der Waals surface area (Å²) in [5.41, 5.74) is 5.59. The molecule has 0 aromatic heterocycles. The Kier molecular flexibility index (Phi) is 6.12. The average molecular weight is 201 g/mol. The first-order chi connectivity index (χ1) is 6.52. The molecule has 4 heteroatoms.